The third kappa shape index (κ3) is 4.61. The number of morpholine rings is 1. The molecule has 174 valence electrons. The van der Waals surface area contributed by atoms with E-state index in [9.17, 15) is 13.2 Å². The van der Waals surface area contributed by atoms with E-state index >= 15 is 0 Å². The fourth-order valence-electron chi connectivity index (χ4n) is 4.30. The topological polar surface area (TPSA) is 91.8 Å². The molecule has 5 rings (SSSR count). The molecular formula is C23H26N4O4S2. The summed E-state index contributed by atoms with van der Waals surface area (Å²) in [5, 5.41) is 2.98. The van der Waals surface area contributed by atoms with Crippen LogP contribution in [-0.4, -0.2) is 63.0 Å². The second kappa shape index (κ2) is 9.38. The fourth-order valence-corrected chi connectivity index (χ4v) is 6.56. The molecule has 2 aliphatic rings. The molecule has 1 amide bonds. The second-order valence-corrected chi connectivity index (χ2v) is 11.1. The lowest BCUT2D eigenvalue weighted by atomic mass is 10.1. The maximum Gasteiger partial charge on any atom is 0.255 e. The Kier molecular flexibility index (Phi) is 6.33. The first kappa shape index (κ1) is 22.3. The number of amides is 1. The van der Waals surface area contributed by atoms with Gasteiger partial charge in [-0.15, -0.1) is 11.3 Å². The molecule has 0 atom stereocenters. The minimum absolute atomic E-state index is 0.203. The van der Waals surface area contributed by atoms with Crippen molar-refractivity contribution in [2.45, 2.75) is 24.2 Å². The average molecular weight is 487 g/mol. The van der Waals surface area contributed by atoms with E-state index in [4.69, 9.17) is 4.74 Å². The van der Waals surface area contributed by atoms with Gasteiger partial charge in [0, 0.05) is 31.7 Å². The van der Waals surface area contributed by atoms with Gasteiger partial charge in [-0.05, 0) is 49.2 Å². The molecule has 2 saturated heterocycles. The lowest BCUT2D eigenvalue weighted by Crippen LogP contribution is -2.37. The van der Waals surface area contributed by atoms with E-state index in [1.165, 1.54) is 11.3 Å². The van der Waals surface area contributed by atoms with Gasteiger partial charge in [0.05, 0.1) is 45.2 Å². The minimum Gasteiger partial charge on any atom is -0.378 e. The third-order valence-electron chi connectivity index (χ3n) is 6.11. The van der Waals surface area contributed by atoms with Crippen LogP contribution in [0.5, 0.6) is 0 Å². The van der Waals surface area contributed by atoms with E-state index < -0.39 is 10.0 Å². The zero-order chi connectivity index (χ0) is 22.8. The summed E-state index contributed by atoms with van der Waals surface area (Å²) >= 11 is 1.47. The van der Waals surface area contributed by atoms with Crippen molar-refractivity contribution in [2.75, 3.05) is 49.6 Å². The summed E-state index contributed by atoms with van der Waals surface area (Å²) in [5.41, 5.74) is 4.38. The average Bonchev–Trinajstić information content (AvgIpc) is 3.33. The van der Waals surface area contributed by atoms with E-state index in [0.29, 0.717) is 50.6 Å². The predicted molar refractivity (Wildman–Crippen MR) is 130 cm³/mol. The molecule has 2 aromatic carbocycles. The van der Waals surface area contributed by atoms with Gasteiger partial charge < -0.3 is 15.0 Å². The van der Waals surface area contributed by atoms with E-state index in [1.54, 1.807) is 34.1 Å². The molecule has 0 radical (unpaired) electrons. The predicted octanol–water partition coefficient (Wildman–Crippen LogP) is 3.56. The summed E-state index contributed by atoms with van der Waals surface area (Å²) in [4.78, 5) is 19.7. The zero-order valence-electron chi connectivity index (χ0n) is 18.2. The van der Waals surface area contributed by atoms with Crippen molar-refractivity contribution < 1.29 is 17.9 Å². The molecule has 8 nitrogen and oxygen atoms in total. The van der Waals surface area contributed by atoms with Crippen molar-refractivity contribution in [2.24, 2.45) is 0 Å². The Labute approximate surface area is 197 Å². The van der Waals surface area contributed by atoms with Gasteiger partial charge in [-0.3, -0.25) is 4.79 Å². The van der Waals surface area contributed by atoms with E-state index in [0.717, 1.165) is 35.2 Å². The van der Waals surface area contributed by atoms with E-state index in [1.807, 2.05) is 12.1 Å². The van der Waals surface area contributed by atoms with Crippen LogP contribution in [0.3, 0.4) is 0 Å². The van der Waals surface area contributed by atoms with Crippen LogP contribution in [0.1, 0.15) is 29.6 Å². The molecule has 0 bridgehead atoms. The van der Waals surface area contributed by atoms with Crippen LogP contribution in [-0.2, 0) is 14.8 Å². The molecule has 0 spiro atoms. The molecule has 3 heterocycles. The number of thiazole rings is 1. The summed E-state index contributed by atoms with van der Waals surface area (Å²) in [6.07, 6.45) is 2.79. The zero-order valence-corrected chi connectivity index (χ0v) is 19.8. The number of nitrogens with zero attached hydrogens (tertiary/aromatic N) is 3. The molecule has 2 aliphatic heterocycles. The quantitative estimate of drug-likeness (QED) is 0.593. The van der Waals surface area contributed by atoms with Crippen molar-refractivity contribution in [1.82, 2.24) is 9.29 Å². The van der Waals surface area contributed by atoms with E-state index in [2.05, 4.69) is 15.2 Å². The maximum absolute atomic E-state index is 13.3. The SMILES string of the molecule is O=C(Nc1cc(S(=O)(=O)N2CCCCC2)ccc1N1CCOCC1)c1ccc2ncsc2c1. The number of nitrogens with one attached hydrogen (secondary N) is 1. The summed E-state index contributed by atoms with van der Waals surface area (Å²) in [5.74, 6) is -0.285. The van der Waals surface area contributed by atoms with Crippen LogP contribution >= 0.6 is 11.3 Å². The maximum atomic E-state index is 13.3. The number of anilines is 2. The number of sulfonamides is 1. The van der Waals surface area contributed by atoms with Gasteiger partial charge in [0.15, 0.2) is 0 Å². The van der Waals surface area contributed by atoms with Gasteiger partial charge in [0.2, 0.25) is 10.0 Å². The molecule has 1 aromatic heterocycles. The molecule has 1 N–H and O–H groups in total. The molecule has 0 unspecified atom stereocenters. The first-order valence-electron chi connectivity index (χ1n) is 11.1. The number of benzene rings is 2. The summed E-state index contributed by atoms with van der Waals surface area (Å²) in [6.45, 7) is 3.59. The first-order valence-corrected chi connectivity index (χ1v) is 13.5. The number of carbonyl (C=O) groups is 1. The Morgan fingerprint density at radius 3 is 2.58 bits per heavy atom. The van der Waals surface area contributed by atoms with Crippen LogP contribution in [0.25, 0.3) is 10.2 Å². The third-order valence-corrected chi connectivity index (χ3v) is 8.80. The van der Waals surface area contributed by atoms with Crippen LogP contribution in [0, 0.1) is 0 Å². The van der Waals surface area contributed by atoms with Crippen molar-refractivity contribution in [3.05, 3.63) is 47.5 Å². The van der Waals surface area contributed by atoms with Crippen molar-refractivity contribution >= 4 is 48.9 Å². The molecule has 0 saturated carbocycles. The fraction of sp³-hybridized carbons (Fsp3) is 0.391. The Balaban J connectivity index is 1.49. The highest BCUT2D eigenvalue weighted by atomic mass is 32.2. The largest absolute Gasteiger partial charge is 0.378 e. The van der Waals surface area contributed by atoms with Crippen LogP contribution in [0.4, 0.5) is 11.4 Å². The lowest BCUT2D eigenvalue weighted by Gasteiger charge is -2.31. The first-order chi connectivity index (χ1) is 16.0. The Morgan fingerprint density at radius 2 is 1.79 bits per heavy atom. The van der Waals surface area contributed by atoms with Crippen LogP contribution in [0.2, 0.25) is 0 Å². The second-order valence-electron chi connectivity index (χ2n) is 8.23. The van der Waals surface area contributed by atoms with Gasteiger partial charge in [-0.25, -0.2) is 13.4 Å². The normalized spacial score (nSPS) is 17.9. The smallest absolute Gasteiger partial charge is 0.255 e. The van der Waals surface area contributed by atoms with Gasteiger partial charge in [0.25, 0.3) is 5.91 Å². The number of piperidine rings is 1. The number of rotatable bonds is 5. The minimum atomic E-state index is -3.62. The number of fused-ring (bicyclic) bond motifs is 1. The van der Waals surface area contributed by atoms with Crippen molar-refractivity contribution in [3.8, 4) is 0 Å². The molecule has 3 aromatic rings. The summed E-state index contributed by atoms with van der Waals surface area (Å²) in [7, 11) is -3.62. The standard InChI is InChI=1S/C23H26N4O4S2/c28-23(17-4-6-19-22(14-17)32-16-24-19)25-20-15-18(33(29,30)27-8-2-1-3-9-27)5-7-21(20)26-10-12-31-13-11-26/h4-7,14-16H,1-3,8-13H2,(H,25,28). The Morgan fingerprint density at radius 1 is 1.00 bits per heavy atom. The molecule has 2 fully saturated rings. The molecule has 0 aliphatic carbocycles. The highest BCUT2D eigenvalue weighted by molar-refractivity contribution is 7.89. The summed E-state index contributed by atoms with van der Waals surface area (Å²) < 4.78 is 34.5. The number of hydrogen-bond acceptors (Lipinski definition) is 7. The Bertz CT molecular complexity index is 1260. The van der Waals surface area contributed by atoms with Gasteiger partial charge >= 0.3 is 0 Å². The number of carbonyl (C=O) groups excluding carboxylic acids is 1. The Hall–Kier alpha value is -2.53. The highest BCUT2D eigenvalue weighted by Gasteiger charge is 2.28. The van der Waals surface area contributed by atoms with Gasteiger partial charge in [-0.2, -0.15) is 4.31 Å². The molecule has 33 heavy (non-hydrogen) atoms. The van der Waals surface area contributed by atoms with Gasteiger partial charge in [-0.1, -0.05) is 6.42 Å². The van der Waals surface area contributed by atoms with E-state index in [-0.39, 0.29) is 10.8 Å². The molecular weight excluding hydrogens is 460 g/mol. The van der Waals surface area contributed by atoms with Gasteiger partial charge in [0.1, 0.15) is 0 Å². The molecule has 10 heteroatoms. The van der Waals surface area contributed by atoms with Crippen LogP contribution in [0.15, 0.2) is 46.8 Å². The highest BCUT2D eigenvalue weighted by Crippen LogP contribution is 2.32. The lowest BCUT2D eigenvalue weighted by molar-refractivity contribution is 0.102. The van der Waals surface area contributed by atoms with Crippen molar-refractivity contribution in [3.63, 3.8) is 0 Å². The monoisotopic (exact) mass is 486 g/mol. The van der Waals surface area contributed by atoms with Crippen LogP contribution < -0.4 is 10.2 Å². The van der Waals surface area contributed by atoms with Crippen molar-refractivity contribution in [1.29, 1.82) is 0 Å². The number of aromatic nitrogens is 1. The number of hydrogen-bond donors (Lipinski definition) is 1. The number of ether oxygens (including phenoxy) is 1. The summed E-state index contributed by atoms with van der Waals surface area (Å²) in [6, 6.07) is 10.4.